The summed E-state index contributed by atoms with van der Waals surface area (Å²) in [5.41, 5.74) is 0.963. The zero-order chi connectivity index (χ0) is 13.2. The van der Waals surface area contributed by atoms with Crippen LogP contribution in [-0.4, -0.2) is 16.6 Å². The Kier molecular flexibility index (Phi) is 3.24. The van der Waals surface area contributed by atoms with Gasteiger partial charge in [-0.3, -0.25) is 0 Å². The summed E-state index contributed by atoms with van der Waals surface area (Å²) in [4.78, 5) is 0. The largest absolute Gasteiger partial charge is 0.573 e. The van der Waals surface area contributed by atoms with Crippen molar-refractivity contribution in [3.63, 3.8) is 0 Å². The maximum atomic E-state index is 12.0. The van der Waals surface area contributed by atoms with Gasteiger partial charge in [0.15, 0.2) is 5.76 Å². The van der Waals surface area contributed by atoms with Crippen LogP contribution < -0.4 is 4.74 Å². The molecule has 0 spiro atoms. The first-order valence-electron chi connectivity index (χ1n) is 4.90. The van der Waals surface area contributed by atoms with Crippen molar-refractivity contribution >= 4 is 0 Å². The second kappa shape index (κ2) is 4.69. The fourth-order valence-electron chi connectivity index (χ4n) is 1.42. The fourth-order valence-corrected chi connectivity index (χ4v) is 1.42. The highest BCUT2D eigenvalue weighted by molar-refractivity contribution is 5.61. The van der Waals surface area contributed by atoms with E-state index in [1.165, 1.54) is 18.3 Å². The Balaban J connectivity index is 2.23. The van der Waals surface area contributed by atoms with Gasteiger partial charge >= 0.3 is 6.36 Å². The summed E-state index contributed by atoms with van der Waals surface area (Å²) in [6.45, 7) is -0.264. The minimum absolute atomic E-state index is 0.264. The standard InChI is InChI=1S/C11H8F3NO3/c12-11(13,14)17-9-3-1-7(2-4-9)10-8(6-16)5-15-18-10/h1-5,16H,6H2. The van der Waals surface area contributed by atoms with Crippen molar-refractivity contribution in [3.05, 3.63) is 36.0 Å². The van der Waals surface area contributed by atoms with E-state index in [1.807, 2.05) is 0 Å². The van der Waals surface area contributed by atoms with Gasteiger partial charge in [-0.2, -0.15) is 0 Å². The molecule has 0 saturated carbocycles. The lowest BCUT2D eigenvalue weighted by molar-refractivity contribution is -0.274. The van der Waals surface area contributed by atoms with E-state index >= 15 is 0 Å². The van der Waals surface area contributed by atoms with Crippen LogP contribution in [0.25, 0.3) is 11.3 Å². The van der Waals surface area contributed by atoms with Gasteiger partial charge in [0.05, 0.1) is 12.8 Å². The molecule has 0 radical (unpaired) electrons. The Morgan fingerprint density at radius 1 is 1.22 bits per heavy atom. The molecule has 0 aliphatic heterocycles. The van der Waals surface area contributed by atoms with Crippen LogP contribution in [0.2, 0.25) is 0 Å². The van der Waals surface area contributed by atoms with Crippen molar-refractivity contribution in [1.82, 2.24) is 5.16 Å². The minimum Gasteiger partial charge on any atom is -0.406 e. The number of hydrogen-bond acceptors (Lipinski definition) is 4. The van der Waals surface area contributed by atoms with Crippen LogP contribution >= 0.6 is 0 Å². The third-order valence-electron chi connectivity index (χ3n) is 2.16. The molecule has 0 aliphatic carbocycles. The van der Waals surface area contributed by atoms with Gasteiger partial charge in [0.2, 0.25) is 0 Å². The molecule has 1 heterocycles. The molecule has 0 unspecified atom stereocenters. The van der Waals surface area contributed by atoms with Crippen molar-refractivity contribution in [2.45, 2.75) is 13.0 Å². The van der Waals surface area contributed by atoms with Gasteiger partial charge in [-0.25, -0.2) is 0 Å². The van der Waals surface area contributed by atoms with E-state index in [4.69, 9.17) is 9.63 Å². The van der Waals surface area contributed by atoms with Crippen LogP contribution in [0.3, 0.4) is 0 Å². The Hall–Kier alpha value is -2.02. The molecule has 18 heavy (non-hydrogen) atoms. The number of aliphatic hydroxyl groups excluding tert-OH is 1. The Labute approximate surface area is 99.6 Å². The van der Waals surface area contributed by atoms with Crippen molar-refractivity contribution in [1.29, 1.82) is 0 Å². The summed E-state index contributed by atoms with van der Waals surface area (Å²) in [5.74, 6) is -0.00706. The Bertz CT molecular complexity index is 519. The molecule has 0 atom stereocenters. The zero-order valence-electron chi connectivity index (χ0n) is 8.94. The molecule has 2 rings (SSSR count). The lowest BCUT2D eigenvalue weighted by Crippen LogP contribution is -2.16. The molecule has 96 valence electrons. The highest BCUT2D eigenvalue weighted by atomic mass is 19.4. The number of alkyl halides is 3. The Morgan fingerprint density at radius 2 is 1.89 bits per heavy atom. The second-order valence-electron chi connectivity index (χ2n) is 3.41. The number of halogens is 3. The van der Waals surface area contributed by atoms with Crippen LogP contribution in [0.4, 0.5) is 13.2 Å². The van der Waals surface area contributed by atoms with Crippen LogP contribution in [0, 0.1) is 0 Å². The molecule has 1 aromatic heterocycles. The number of benzene rings is 1. The van der Waals surface area contributed by atoms with E-state index in [9.17, 15) is 13.2 Å². The predicted molar refractivity (Wildman–Crippen MR) is 54.5 cm³/mol. The first-order chi connectivity index (χ1) is 8.49. The van der Waals surface area contributed by atoms with E-state index in [1.54, 1.807) is 0 Å². The first-order valence-corrected chi connectivity index (χ1v) is 4.90. The quantitative estimate of drug-likeness (QED) is 0.920. The summed E-state index contributed by atoms with van der Waals surface area (Å²) in [7, 11) is 0. The summed E-state index contributed by atoms with van der Waals surface area (Å²) in [5, 5.41) is 12.5. The number of aromatic nitrogens is 1. The monoisotopic (exact) mass is 259 g/mol. The molecule has 1 N–H and O–H groups in total. The van der Waals surface area contributed by atoms with Crippen LogP contribution in [-0.2, 0) is 6.61 Å². The van der Waals surface area contributed by atoms with E-state index in [-0.39, 0.29) is 12.4 Å². The molecule has 0 amide bonds. The van der Waals surface area contributed by atoms with Gasteiger partial charge < -0.3 is 14.4 Å². The lowest BCUT2D eigenvalue weighted by Gasteiger charge is -2.08. The van der Waals surface area contributed by atoms with Crippen molar-refractivity contribution in [2.24, 2.45) is 0 Å². The van der Waals surface area contributed by atoms with E-state index < -0.39 is 6.36 Å². The van der Waals surface area contributed by atoms with Crippen molar-refractivity contribution in [3.8, 4) is 17.1 Å². The minimum atomic E-state index is -4.72. The summed E-state index contributed by atoms with van der Waals surface area (Å²) < 4.78 is 44.5. The second-order valence-corrected chi connectivity index (χ2v) is 3.41. The van der Waals surface area contributed by atoms with Gasteiger partial charge in [0.1, 0.15) is 5.75 Å². The molecule has 0 fully saturated rings. The topological polar surface area (TPSA) is 55.5 Å². The molecule has 0 bridgehead atoms. The molecule has 2 aromatic rings. The first kappa shape index (κ1) is 12.4. The molecule has 1 aromatic carbocycles. The molecule has 4 nitrogen and oxygen atoms in total. The van der Waals surface area contributed by atoms with E-state index in [0.29, 0.717) is 16.9 Å². The third kappa shape index (κ3) is 2.80. The average Bonchev–Trinajstić information content (AvgIpc) is 2.76. The third-order valence-corrected chi connectivity index (χ3v) is 2.16. The van der Waals surface area contributed by atoms with Gasteiger partial charge in [-0.05, 0) is 24.3 Å². The number of hydrogen-bond donors (Lipinski definition) is 1. The predicted octanol–water partition coefficient (Wildman–Crippen LogP) is 2.73. The van der Waals surface area contributed by atoms with E-state index in [0.717, 1.165) is 12.1 Å². The summed E-state index contributed by atoms with van der Waals surface area (Å²) in [6.07, 6.45) is -3.38. The highest BCUT2D eigenvalue weighted by Crippen LogP contribution is 2.28. The van der Waals surface area contributed by atoms with E-state index in [2.05, 4.69) is 9.89 Å². The fraction of sp³-hybridized carbons (Fsp3) is 0.182. The van der Waals surface area contributed by atoms with Crippen molar-refractivity contribution < 1.29 is 27.5 Å². The molecule has 7 heteroatoms. The zero-order valence-corrected chi connectivity index (χ0v) is 8.94. The molecule has 0 saturated heterocycles. The van der Waals surface area contributed by atoms with Gasteiger partial charge in [-0.1, -0.05) is 5.16 Å². The molecule has 0 aliphatic rings. The SMILES string of the molecule is OCc1cnoc1-c1ccc(OC(F)(F)F)cc1. The van der Waals surface area contributed by atoms with Crippen LogP contribution in [0.5, 0.6) is 5.75 Å². The summed E-state index contributed by atoms with van der Waals surface area (Å²) in [6, 6.07) is 5.10. The van der Waals surface area contributed by atoms with Crippen LogP contribution in [0.15, 0.2) is 35.0 Å². The maximum Gasteiger partial charge on any atom is 0.573 e. The lowest BCUT2D eigenvalue weighted by atomic mass is 10.1. The number of nitrogens with zero attached hydrogens (tertiary/aromatic N) is 1. The van der Waals surface area contributed by atoms with Gasteiger partial charge in [0, 0.05) is 11.1 Å². The van der Waals surface area contributed by atoms with Gasteiger partial charge in [-0.15, -0.1) is 13.2 Å². The molecular weight excluding hydrogens is 251 g/mol. The van der Waals surface area contributed by atoms with Gasteiger partial charge in [0.25, 0.3) is 0 Å². The highest BCUT2D eigenvalue weighted by Gasteiger charge is 2.31. The van der Waals surface area contributed by atoms with Crippen LogP contribution in [0.1, 0.15) is 5.56 Å². The average molecular weight is 259 g/mol. The summed E-state index contributed by atoms with van der Waals surface area (Å²) >= 11 is 0. The number of ether oxygens (including phenoxy) is 1. The number of aliphatic hydroxyl groups is 1. The number of rotatable bonds is 3. The van der Waals surface area contributed by atoms with Crippen molar-refractivity contribution in [2.75, 3.05) is 0 Å². The maximum absolute atomic E-state index is 12.0. The normalized spacial score (nSPS) is 11.6. The smallest absolute Gasteiger partial charge is 0.406 e. The Morgan fingerprint density at radius 3 is 2.44 bits per heavy atom. The molecular formula is C11H8F3NO3.